The van der Waals surface area contributed by atoms with Crippen molar-refractivity contribution in [3.63, 3.8) is 0 Å². The maximum absolute atomic E-state index is 10.3. The number of carboxylic acids is 1. The summed E-state index contributed by atoms with van der Waals surface area (Å²) < 4.78 is 0.736. The van der Waals surface area contributed by atoms with Crippen LogP contribution in [0.3, 0.4) is 0 Å². The van der Waals surface area contributed by atoms with Gasteiger partial charge in [0.15, 0.2) is 3.83 Å². The fraction of sp³-hybridized carbons (Fsp3) is 0.333. The number of hydrogen-bond donors (Lipinski definition) is 3. The Morgan fingerprint density at radius 2 is 2.46 bits per heavy atom. The van der Waals surface area contributed by atoms with E-state index in [4.69, 9.17) is 10.8 Å². The molecule has 5 nitrogen and oxygen atoms in total. The summed E-state index contributed by atoms with van der Waals surface area (Å²) in [6, 6.07) is -0.860. The molecule has 1 aromatic heterocycles. The molecule has 0 fully saturated rings. The summed E-state index contributed by atoms with van der Waals surface area (Å²) in [6.07, 6.45) is 1.87. The van der Waals surface area contributed by atoms with Gasteiger partial charge in [-0.3, -0.25) is 4.79 Å². The Labute approximate surface area is 94.7 Å². The summed E-state index contributed by atoms with van der Waals surface area (Å²) >= 11 is 2.01. The summed E-state index contributed by atoms with van der Waals surface area (Å²) in [5.74, 6) is -1.00. The number of carboxylic acid groups (broad SMARTS) is 1. The van der Waals surface area contributed by atoms with Gasteiger partial charge in [-0.25, -0.2) is 4.98 Å². The number of aliphatic carboxylic acids is 1. The highest BCUT2D eigenvalue weighted by Gasteiger charge is 2.12. The van der Waals surface area contributed by atoms with Crippen molar-refractivity contribution in [1.29, 1.82) is 0 Å². The maximum atomic E-state index is 10.3. The molecule has 13 heavy (non-hydrogen) atoms. The van der Waals surface area contributed by atoms with E-state index < -0.39 is 12.0 Å². The van der Waals surface area contributed by atoms with Gasteiger partial charge in [-0.15, -0.1) is 12.4 Å². The SMILES string of the molecule is Cl.NC(Cc1cnc(I)[nH]1)C(=O)O. The second kappa shape index (κ2) is 5.40. The molecule has 0 bridgehead atoms. The summed E-state index contributed by atoms with van der Waals surface area (Å²) in [6.45, 7) is 0. The van der Waals surface area contributed by atoms with Gasteiger partial charge < -0.3 is 15.8 Å². The van der Waals surface area contributed by atoms with Crippen molar-refractivity contribution < 1.29 is 9.90 Å². The molecule has 0 aliphatic heterocycles. The molecule has 1 unspecified atom stereocenters. The molecule has 1 rings (SSSR count). The molecule has 74 valence electrons. The molecule has 7 heteroatoms. The third kappa shape index (κ3) is 3.92. The highest BCUT2D eigenvalue weighted by Crippen LogP contribution is 2.02. The summed E-state index contributed by atoms with van der Waals surface area (Å²) in [5.41, 5.74) is 6.05. The van der Waals surface area contributed by atoms with Crippen LogP contribution in [0.25, 0.3) is 0 Å². The zero-order valence-corrected chi connectivity index (χ0v) is 9.50. The molecule has 0 spiro atoms. The van der Waals surface area contributed by atoms with Gasteiger partial charge in [0.05, 0.1) is 0 Å². The zero-order valence-electron chi connectivity index (χ0n) is 6.53. The van der Waals surface area contributed by atoms with Gasteiger partial charge in [-0.05, 0) is 22.6 Å². The molecule has 0 saturated carbocycles. The normalized spacial score (nSPS) is 11.8. The molecule has 0 radical (unpaired) electrons. The van der Waals surface area contributed by atoms with Gasteiger partial charge in [0.1, 0.15) is 6.04 Å². The number of aromatic amines is 1. The van der Waals surface area contributed by atoms with E-state index in [9.17, 15) is 4.79 Å². The van der Waals surface area contributed by atoms with E-state index in [1.807, 2.05) is 22.6 Å². The number of imidazole rings is 1. The Morgan fingerprint density at radius 3 is 2.85 bits per heavy atom. The highest BCUT2D eigenvalue weighted by atomic mass is 127. The lowest BCUT2D eigenvalue weighted by atomic mass is 10.2. The predicted octanol–water partition coefficient (Wildman–Crippen LogP) is 0.391. The van der Waals surface area contributed by atoms with Crippen LogP contribution in [-0.2, 0) is 11.2 Å². The Hall–Kier alpha value is -0.340. The third-order valence-electron chi connectivity index (χ3n) is 1.35. The van der Waals surface area contributed by atoms with E-state index in [0.29, 0.717) is 0 Å². The van der Waals surface area contributed by atoms with Gasteiger partial charge in [0.25, 0.3) is 0 Å². The van der Waals surface area contributed by atoms with Crippen LogP contribution in [-0.4, -0.2) is 27.1 Å². The first-order valence-electron chi connectivity index (χ1n) is 3.27. The quantitative estimate of drug-likeness (QED) is 0.703. The number of hydrogen-bond acceptors (Lipinski definition) is 3. The van der Waals surface area contributed by atoms with E-state index in [0.717, 1.165) is 9.53 Å². The molecule has 0 amide bonds. The number of aromatic nitrogens is 2. The lowest BCUT2D eigenvalue weighted by Gasteiger charge is -2.02. The lowest BCUT2D eigenvalue weighted by Crippen LogP contribution is -2.32. The average Bonchev–Trinajstić information content (AvgIpc) is 2.35. The number of halogens is 2. The van der Waals surface area contributed by atoms with Crippen LogP contribution in [0.5, 0.6) is 0 Å². The minimum Gasteiger partial charge on any atom is -0.480 e. The van der Waals surface area contributed by atoms with E-state index in [1.54, 1.807) is 6.20 Å². The third-order valence-corrected chi connectivity index (χ3v) is 1.90. The van der Waals surface area contributed by atoms with Gasteiger partial charge in [-0.2, -0.15) is 0 Å². The number of carbonyl (C=O) groups is 1. The van der Waals surface area contributed by atoms with Crippen molar-refractivity contribution >= 4 is 41.0 Å². The molecule has 0 aliphatic carbocycles. The van der Waals surface area contributed by atoms with Crippen molar-refractivity contribution in [3.8, 4) is 0 Å². The van der Waals surface area contributed by atoms with Crippen molar-refractivity contribution in [1.82, 2.24) is 9.97 Å². The number of H-pyrrole nitrogens is 1. The summed E-state index contributed by atoms with van der Waals surface area (Å²) in [4.78, 5) is 17.2. The minimum atomic E-state index is -1.00. The van der Waals surface area contributed by atoms with Crippen LogP contribution < -0.4 is 5.73 Å². The first-order chi connectivity index (χ1) is 5.59. The van der Waals surface area contributed by atoms with Crippen molar-refractivity contribution in [2.24, 2.45) is 5.73 Å². The number of nitrogens with zero attached hydrogens (tertiary/aromatic N) is 1. The van der Waals surface area contributed by atoms with Crippen LogP contribution in [0.1, 0.15) is 5.69 Å². The van der Waals surface area contributed by atoms with E-state index in [1.165, 1.54) is 0 Å². The molecular weight excluding hydrogens is 308 g/mol. The van der Waals surface area contributed by atoms with Crippen LogP contribution in [0, 0.1) is 3.83 Å². The van der Waals surface area contributed by atoms with E-state index in [-0.39, 0.29) is 18.8 Å². The fourth-order valence-corrected chi connectivity index (χ4v) is 1.25. The number of nitrogens with two attached hydrogens (primary N) is 1. The second-order valence-electron chi connectivity index (χ2n) is 2.35. The smallest absolute Gasteiger partial charge is 0.320 e. The Balaban J connectivity index is 0.00000144. The minimum absolute atomic E-state index is 0. The topological polar surface area (TPSA) is 92.0 Å². The van der Waals surface area contributed by atoms with E-state index >= 15 is 0 Å². The predicted molar refractivity (Wildman–Crippen MR) is 57.9 cm³/mol. The van der Waals surface area contributed by atoms with Crippen molar-refractivity contribution in [2.45, 2.75) is 12.5 Å². The molecule has 1 atom stereocenters. The molecular formula is C6H9ClIN3O2. The van der Waals surface area contributed by atoms with Gasteiger partial charge >= 0.3 is 5.97 Å². The molecule has 1 aromatic rings. The van der Waals surface area contributed by atoms with Gasteiger partial charge in [-0.1, -0.05) is 0 Å². The summed E-state index contributed by atoms with van der Waals surface area (Å²) in [5, 5.41) is 8.49. The first-order valence-corrected chi connectivity index (χ1v) is 4.35. The van der Waals surface area contributed by atoms with Crippen LogP contribution in [0.4, 0.5) is 0 Å². The molecule has 4 N–H and O–H groups in total. The van der Waals surface area contributed by atoms with Gasteiger partial charge in [0.2, 0.25) is 0 Å². The Bertz CT molecular complexity index is 291. The van der Waals surface area contributed by atoms with Gasteiger partial charge in [0, 0.05) is 18.3 Å². The number of nitrogens with one attached hydrogen (secondary N) is 1. The monoisotopic (exact) mass is 317 g/mol. The van der Waals surface area contributed by atoms with Crippen LogP contribution >= 0.6 is 35.0 Å². The summed E-state index contributed by atoms with van der Waals surface area (Å²) in [7, 11) is 0. The zero-order chi connectivity index (χ0) is 9.14. The number of rotatable bonds is 3. The first kappa shape index (κ1) is 12.7. The highest BCUT2D eigenvalue weighted by molar-refractivity contribution is 14.1. The molecule has 0 saturated heterocycles. The maximum Gasteiger partial charge on any atom is 0.320 e. The fourth-order valence-electron chi connectivity index (χ4n) is 0.760. The molecule has 0 aliphatic rings. The van der Waals surface area contributed by atoms with Crippen LogP contribution in [0.15, 0.2) is 6.20 Å². The Morgan fingerprint density at radius 1 is 1.85 bits per heavy atom. The standard InChI is InChI=1S/C6H8IN3O2.ClH/c7-6-9-2-3(10-6)1-4(8)5(11)12;/h2,4H,1,8H2,(H,9,10)(H,11,12);1H. The lowest BCUT2D eigenvalue weighted by molar-refractivity contribution is -0.138. The van der Waals surface area contributed by atoms with Crippen molar-refractivity contribution in [3.05, 3.63) is 15.7 Å². The Kier molecular flexibility index (Phi) is 5.26. The molecule has 0 aromatic carbocycles. The molecule has 1 heterocycles. The van der Waals surface area contributed by atoms with Crippen molar-refractivity contribution in [2.75, 3.05) is 0 Å². The average molecular weight is 318 g/mol. The van der Waals surface area contributed by atoms with E-state index in [2.05, 4.69) is 9.97 Å². The van der Waals surface area contributed by atoms with Crippen LogP contribution in [0.2, 0.25) is 0 Å². The largest absolute Gasteiger partial charge is 0.480 e. The second-order valence-corrected chi connectivity index (χ2v) is 3.37.